The average Bonchev–Trinajstić information content (AvgIpc) is 2.78. The normalized spacial score (nSPS) is 12.4. The van der Waals surface area contributed by atoms with Crippen LogP contribution in [0, 0.1) is 0 Å². The molecule has 0 radical (unpaired) electrons. The Morgan fingerprint density at radius 2 is 2.17 bits per heavy atom. The number of nitrogens with one attached hydrogen (secondary N) is 1. The standard InChI is InChI=1S/C10H15N5O2S/c1-3-14(2)18(16,17)11-8-10-13-12-9-6-4-5-7-15(9)10/h4-7,11H,3,8H2,1-2H3. The van der Waals surface area contributed by atoms with Crippen molar-refractivity contribution in [1.82, 2.24) is 23.6 Å². The lowest BCUT2D eigenvalue weighted by molar-refractivity contribution is 0.472. The van der Waals surface area contributed by atoms with E-state index < -0.39 is 10.2 Å². The summed E-state index contributed by atoms with van der Waals surface area (Å²) in [6, 6.07) is 5.50. The molecule has 0 saturated carbocycles. The van der Waals surface area contributed by atoms with Crippen molar-refractivity contribution in [2.45, 2.75) is 13.5 Å². The van der Waals surface area contributed by atoms with Crippen LogP contribution in [0.3, 0.4) is 0 Å². The van der Waals surface area contributed by atoms with E-state index in [2.05, 4.69) is 14.9 Å². The van der Waals surface area contributed by atoms with E-state index in [-0.39, 0.29) is 6.54 Å². The predicted octanol–water partition coefficient (Wildman–Crippen LogP) is 0.0154. The van der Waals surface area contributed by atoms with Crippen LogP contribution >= 0.6 is 0 Å². The molecule has 1 N–H and O–H groups in total. The molecule has 2 aromatic rings. The molecule has 0 aromatic carbocycles. The minimum absolute atomic E-state index is 0.109. The average molecular weight is 269 g/mol. The summed E-state index contributed by atoms with van der Waals surface area (Å²) >= 11 is 0. The third-order valence-corrected chi connectivity index (χ3v) is 4.24. The van der Waals surface area contributed by atoms with Gasteiger partial charge in [0.05, 0.1) is 6.54 Å². The Morgan fingerprint density at radius 1 is 1.39 bits per heavy atom. The first-order valence-electron chi connectivity index (χ1n) is 5.54. The molecule has 7 nitrogen and oxygen atoms in total. The molecule has 0 aliphatic heterocycles. The van der Waals surface area contributed by atoms with Crippen molar-refractivity contribution in [3.63, 3.8) is 0 Å². The quantitative estimate of drug-likeness (QED) is 0.829. The highest BCUT2D eigenvalue weighted by Crippen LogP contribution is 2.03. The molecule has 0 atom stereocenters. The maximum atomic E-state index is 11.8. The number of nitrogens with zero attached hydrogens (tertiary/aromatic N) is 4. The first kappa shape index (κ1) is 12.9. The van der Waals surface area contributed by atoms with Gasteiger partial charge in [-0.05, 0) is 12.1 Å². The van der Waals surface area contributed by atoms with Crippen LogP contribution < -0.4 is 4.72 Å². The van der Waals surface area contributed by atoms with Gasteiger partial charge in [-0.25, -0.2) is 0 Å². The zero-order chi connectivity index (χ0) is 13.2. The Hall–Kier alpha value is -1.51. The fourth-order valence-corrected chi connectivity index (χ4v) is 2.32. The third-order valence-electron chi connectivity index (χ3n) is 2.65. The molecule has 0 aliphatic carbocycles. The molecule has 0 spiro atoms. The van der Waals surface area contributed by atoms with Crippen LogP contribution in [0.5, 0.6) is 0 Å². The molecule has 0 aliphatic rings. The van der Waals surface area contributed by atoms with Gasteiger partial charge < -0.3 is 0 Å². The number of hydrogen-bond donors (Lipinski definition) is 1. The van der Waals surface area contributed by atoms with Gasteiger partial charge in [0, 0.05) is 19.8 Å². The first-order valence-corrected chi connectivity index (χ1v) is 6.98. The summed E-state index contributed by atoms with van der Waals surface area (Å²) in [5.41, 5.74) is 0.690. The summed E-state index contributed by atoms with van der Waals surface area (Å²) in [7, 11) is -1.93. The molecule has 2 aromatic heterocycles. The summed E-state index contributed by atoms with van der Waals surface area (Å²) in [4.78, 5) is 0. The smallest absolute Gasteiger partial charge is 0.279 e. The zero-order valence-corrected chi connectivity index (χ0v) is 11.1. The van der Waals surface area contributed by atoms with Crippen molar-refractivity contribution in [3.05, 3.63) is 30.2 Å². The molecule has 2 rings (SSSR count). The van der Waals surface area contributed by atoms with Crippen molar-refractivity contribution in [1.29, 1.82) is 0 Å². The summed E-state index contributed by atoms with van der Waals surface area (Å²) in [5, 5.41) is 7.90. The molecule has 2 heterocycles. The van der Waals surface area contributed by atoms with E-state index >= 15 is 0 Å². The number of fused-ring (bicyclic) bond motifs is 1. The van der Waals surface area contributed by atoms with Crippen LogP contribution in [0.25, 0.3) is 5.65 Å². The van der Waals surface area contributed by atoms with Gasteiger partial charge in [-0.3, -0.25) is 4.40 Å². The Morgan fingerprint density at radius 3 is 2.89 bits per heavy atom. The zero-order valence-electron chi connectivity index (χ0n) is 10.2. The van der Waals surface area contributed by atoms with Gasteiger partial charge >= 0.3 is 0 Å². The monoisotopic (exact) mass is 269 g/mol. The van der Waals surface area contributed by atoms with E-state index in [4.69, 9.17) is 0 Å². The minimum atomic E-state index is -3.45. The van der Waals surface area contributed by atoms with E-state index in [1.807, 2.05) is 18.2 Å². The first-order chi connectivity index (χ1) is 8.54. The van der Waals surface area contributed by atoms with E-state index in [0.717, 1.165) is 0 Å². The Kier molecular flexibility index (Phi) is 3.60. The second-order valence-corrected chi connectivity index (χ2v) is 5.65. The van der Waals surface area contributed by atoms with Crippen LogP contribution in [0.2, 0.25) is 0 Å². The highest BCUT2D eigenvalue weighted by molar-refractivity contribution is 7.87. The summed E-state index contributed by atoms with van der Waals surface area (Å²) in [5.74, 6) is 0.554. The minimum Gasteiger partial charge on any atom is -0.285 e. The summed E-state index contributed by atoms with van der Waals surface area (Å²) in [6.07, 6.45) is 1.79. The fraction of sp³-hybridized carbons (Fsp3) is 0.400. The molecule has 0 amide bonds. The van der Waals surface area contributed by atoms with E-state index in [0.29, 0.717) is 18.0 Å². The van der Waals surface area contributed by atoms with Crippen LogP contribution in [0.1, 0.15) is 12.7 Å². The fourth-order valence-electron chi connectivity index (χ4n) is 1.45. The molecule has 0 fully saturated rings. The molecular weight excluding hydrogens is 254 g/mol. The SMILES string of the molecule is CCN(C)S(=O)(=O)NCc1nnc2ccccn12. The number of hydrogen-bond acceptors (Lipinski definition) is 4. The van der Waals surface area contributed by atoms with Crippen molar-refractivity contribution < 1.29 is 8.42 Å². The second-order valence-electron chi connectivity index (χ2n) is 3.79. The summed E-state index contributed by atoms with van der Waals surface area (Å²) < 4.78 is 29.0. The molecule has 18 heavy (non-hydrogen) atoms. The number of rotatable bonds is 5. The van der Waals surface area contributed by atoms with E-state index in [1.54, 1.807) is 17.5 Å². The lowest BCUT2D eigenvalue weighted by atomic mass is 10.5. The Labute approximate surface area is 106 Å². The van der Waals surface area contributed by atoms with Crippen LogP contribution in [0.15, 0.2) is 24.4 Å². The molecule has 0 saturated heterocycles. The van der Waals surface area contributed by atoms with Gasteiger partial charge in [-0.2, -0.15) is 17.4 Å². The van der Waals surface area contributed by atoms with Crippen LogP contribution in [-0.4, -0.2) is 40.9 Å². The van der Waals surface area contributed by atoms with Gasteiger partial charge in [0.25, 0.3) is 10.2 Å². The lowest BCUT2D eigenvalue weighted by Gasteiger charge is -2.14. The van der Waals surface area contributed by atoms with Crippen molar-refractivity contribution in [3.8, 4) is 0 Å². The maximum absolute atomic E-state index is 11.8. The van der Waals surface area contributed by atoms with Gasteiger partial charge in [0.1, 0.15) is 0 Å². The van der Waals surface area contributed by atoms with E-state index in [1.165, 1.54) is 11.4 Å². The largest absolute Gasteiger partial charge is 0.285 e. The topological polar surface area (TPSA) is 79.6 Å². The van der Waals surface area contributed by atoms with Gasteiger partial charge in [-0.15, -0.1) is 10.2 Å². The Bertz CT molecular complexity index is 637. The third kappa shape index (κ3) is 2.50. The number of pyridine rings is 1. The van der Waals surface area contributed by atoms with Crippen LogP contribution in [0.4, 0.5) is 0 Å². The van der Waals surface area contributed by atoms with Gasteiger partial charge in [0.15, 0.2) is 11.5 Å². The summed E-state index contributed by atoms with van der Waals surface area (Å²) in [6.45, 7) is 2.29. The highest BCUT2D eigenvalue weighted by atomic mass is 32.2. The van der Waals surface area contributed by atoms with E-state index in [9.17, 15) is 8.42 Å². The lowest BCUT2D eigenvalue weighted by Crippen LogP contribution is -2.37. The molecule has 0 bridgehead atoms. The van der Waals surface area contributed by atoms with Crippen molar-refractivity contribution in [2.75, 3.05) is 13.6 Å². The van der Waals surface area contributed by atoms with Gasteiger partial charge in [0.2, 0.25) is 0 Å². The predicted molar refractivity (Wildman–Crippen MR) is 67.1 cm³/mol. The molecule has 98 valence electrons. The van der Waals surface area contributed by atoms with Gasteiger partial charge in [-0.1, -0.05) is 13.0 Å². The maximum Gasteiger partial charge on any atom is 0.279 e. The molecule has 8 heteroatoms. The van der Waals surface area contributed by atoms with Crippen molar-refractivity contribution in [2.24, 2.45) is 0 Å². The van der Waals surface area contributed by atoms with Crippen LogP contribution in [-0.2, 0) is 16.8 Å². The second kappa shape index (κ2) is 5.01. The highest BCUT2D eigenvalue weighted by Gasteiger charge is 2.16. The molecule has 0 unspecified atom stereocenters. The number of aromatic nitrogens is 3. The Balaban J connectivity index is 2.16. The van der Waals surface area contributed by atoms with Crippen molar-refractivity contribution >= 4 is 15.9 Å². The molecular formula is C10H15N5O2S.